The molecule has 0 saturated heterocycles. The van der Waals surface area contributed by atoms with Crippen LogP contribution in [0, 0.1) is 0 Å². The van der Waals surface area contributed by atoms with E-state index in [1.165, 1.54) is 0 Å². The zero-order valence-electron chi connectivity index (χ0n) is 9.42. The Balaban J connectivity index is 3.02. The molecular formula is C12H13BrClNO. The van der Waals surface area contributed by atoms with Gasteiger partial charge in [-0.3, -0.25) is 4.79 Å². The number of hydrogen-bond acceptors (Lipinski definition) is 2. The minimum atomic E-state index is -0.0326. The molecule has 86 valence electrons. The standard InChI is InChI=1S/C12H13BrClNO/c1-8(15(2)3)6-12(16)10-5-4-9(14)7-11(10)13/h4-7H,1-3H3. The summed E-state index contributed by atoms with van der Waals surface area (Å²) in [7, 11) is 3.80. The van der Waals surface area contributed by atoms with E-state index in [1.54, 1.807) is 24.3 Å². The van der Waals surface area contributed by atoms with Crippen molar-refractivity contribution in [1.82, 2.24) is 4.90 Å². The second-order valence-corrected chi connectivity index (χ2v) is 4.96. The first kappa shape index (κ1) is 13.3. The smallest absolute Gasteiger partial charge is 0.188 e. The summed E-state index contributed by atoms with van der Waals surface area (Å²) in [6.07, 6.45) is 1.61. The predicted molar refractivity (Wildman–Crippen MR) is 70.9 cm³/mol. The third-order valence-electron chi connectivity index (χ3n) is 2.24. The van der Waals surface area contributed by atoms with Crippen molar-refractivity contribution in [2.24, 2.45) is 0 Å². The number of rotatable bonds is 3. The summed E-state index contributed by atoms with van der Waals surface area (Å²) in [6.45, 7) is 1.89. The maximum Gasteiger partial charge on any atom is 0.188 e. The van der Waals surface area contributed by atoms with Crippen LogP contribution in [0.3, 0.4) is 0 Å². The van der Waals surface area contributed by atoms with Crippen LogP contribution in [0.5, 0.6) is 0 Å². The van der Waals surface area contributed by atoms with Gasteiger partial charge in [-0.1, -0.05) is 11.6 Å². The molecule has 4 heteroatoms. The SMILES string of the molecule is CC(=CC(=O)c1ccc(Cl)cc1Br)N(C)C. The summed E-state index contributed by atoms with van der Waals surface area (Å²) in [6, 6.07) is 5.14. The second kappa shape index (κ2) is 5.51. The number of carbonyl (C=O) groups excluding carboxylic acids is 1. The fourth-order valence-electron chi connectivity index (χ4n) is 1.09. The van der Waals surface area contributed by atoms with Gasteiger partial charge < -0.3 is 4.90 Å². The average Bonchev–Trinajstić information content (AvgIpc) is 2.16. The van der Waals surface area contributed by atoms with Crippen LogP contribution in [0.25, 0.3) is 0 Å². The zero-order valence-corrected chi connectivity index (χ0v) is 11.8. The largest absolute Gasteiger partial charge is 0.381 e. The molecule has 16 heavy (non-hydrogen) atoms. The molecule has 0 atom stereocenters. The highest BCUT2D eigenvalue weighted by molar-refractivity contribution is 9.10. The van der Waals surface area contributed by atoms with Crippen molar-refractivity contribution in [2.75, 3.05) is 14.1 Å². The van der Waals surface area contributed by atoms with Gasteiger partial charge in [-0.2, -0.15) is 0 Å². The first-order valence-electron chi connectivity index (χ1n) is 4.77. The third-order valence-corrected chi connectivity index (χ3v) is 3.13. The maximum atomic E-state index is 11.9. The monoisotopic (exact) mass is 301 g/mol. The van der Waals surface area contributed by atoms with Crippen molar-refractivity contribution >= 4 is 33.3 Å². The number of benzene rings is 1. The summed E-state index contributed by atoms with van der Waals surface area (Å²) < 4.78 is 0.716. The molecule has 2 nitrogen and oxygen atoms in total. The van der Waals surface area contributed by atoms with E-state index in [2.05, 4.69) is 15.9 Å². The Morgan fingerprint density at radius 1 is 1.44 bits per heavy atom. The molecule has 0 aliphatic rings. The van der Waals surface area contributed by atoms with E-state index >= 15 is 0 Å². The van der Waals surface area contributed by atoms with Crippen molar-refractivity contribution in [3.8, 4) is 0 Å². The molecule has 0 aromatic heterocycles. The molecule has 0 amide bonds. The Bertz CT molecular complexity index is 441. The number of hydrogen-bond donors (Lipinski definition) is 0. The van der Waals surface area contributed by atoms with Crippen molar-refractivity contribution < 1.29 is 4.79 Å². The van der Waals surface area contributed by atoms with E-state index < -0.39 is 0 Å². The summed E-state index contributed by atoms with van der Waals surface area (Å²) in [4.78, 5) is 13.8. The minimum absolute atomic E-state index is 0.0326. The van der Waals surface area contributed by atoms with Crippen LogP contribution in [0.1, 0.15) is 17.3 Å². The number of carbonyl (C=O) groups is 1. The Labute approximate surface area is 109 Å². The van der Waals surface area contributed by atoms with Crippen LogP contribution in [-0.2, 0) is 0 Å². The van der Waals surface area contributed by atoms with Gasteiger partial charge in [0.25, 0.3) is 0 Å². The van der Waals surface area contributed by atoms with Gasteiger partial charge >= 0.3 is 0 Å². The van der Waals surface area contributed by atoms with E-state index in [0.717, 1.165) is 5.70 Å². The molecule has 0 unspecified atom stereocenters. The number of halogens is 2. The Kier molecular flexibility index (Phi) is 4.56. The normalized spacial score (nSPS) is 11.4. The summed E-state index contributed by atoms with van der Waals surface area (Å²) >= 11 is 9.14. The molecular weight excluding hydrogens is 289 g/mol. The molecule has 0 radical (unpaired) electrons. The van der Waals surface area contributed by atoms with Gasteiger partial charge in [0.05, 0.1) is 0 Å². The van der Waals surface area contributed by atoms with Crippen LogP contribution < -0.4 is 0 Å². The molecule has 0 aliphatic heterocycles. The zero-order chi connectivity index (χ0) is 12.3. The number of ketones is 1. The minimum Gasteiger partial charge on any atom is -0.381 e. The van der Waals surface area contributed by atoms with Crippen molar-refractivity contribution in [3.05, 3.63) is 45.0 Å². The fraction of sp³-hybridized carbons (Fsp3) is 0.250. The maximum absolute atomic E-state index is 11.9. The van der Waals surface area contributed by atoms with Crippen molar-refractivity contribution in [2.45, 2.75) is 6.92 Å². The van der Waals surface area contributed by atoms with Gasteiger partial charge in [-0.15, -0.1) is 0 Å². The lowest BCUT2D eigenvalue weighted by molar-refractivity contribution is 0.104. The van der Waals surface area contributed by atoms with Crippen LogP contribution in [-0.4, -0.2) is 24.8 Å². The molecule has 0 bridgehead atoms. The first-order valence-corrected chi connectivity index (χ1v) is 5.94. The summed E-state index contributed by atoms with van der Waals surface area (Å²) in [5, 5.41) is 0.608. The van der Waals surface area contributed by atoms with E-state index in [-0.39, 0.29) is 5.78 Å². The highest BCUT2D eigenvalue weighted by atomic mass is 79.9. The number of allylic oxidation sites excluding steroid dienone is 2. The van der Waals surface area contributed by atoms with Gasteiger partial charge in [0, 0.05) is 40.9 Å². The van der Waals surface area contributed by atoms with Crippen LogP contribution in [0.15, 0.2) is 34.4 Å². The molecule has 0 aliphatic carbocycles. The molecule has 1 aromatic carbocycles. The van der Waals surface area contributed by atoms with Gasteiger partial charge in [0.2, 0.25) is 0 Å². The Morgan fingerprint density at radius 2 is 2.06 bits per heavy atom. The van der Waals surface area contributed by atoms with Crippen molar-refractivity contribution in [1.29, 1.82) is 0 Å². The third kappa shape index (κ3) is 3.35. The molecule has 1 rings (SSSR count). The Hall–Kier alpha value is -0.800. The average molecular weight is 303 g/mol. The topological polar surface area (TPSA) is 20.3 Å². The molecule has 0 N–H and O–H groups in total. The molecule has 0 fully saturated rings. The van der Waals surface area contributed by atoms with Gasteiger partial charge in [0.15, 0.2) is 5.78 Å². The van der Waals surface area contributed by atoms with E-state index in [9.17, 15) is 4.79 Å². The summed E-state index contributed by atoms with van der Waals surface area (Å²) in [5.41, 5.74) is 1.53. The quantitative estimate of drug-likeness (QED) is 0.626. The second-order valence-electron chi connectivity index (χ2n) is 3.67. The van der Waals surface area contributed by atoms with Crippen LogP contribution in [0.4, 0.5) is 0 Å². The lowest BCUT2D eigenvalue weighted by Crippen LogP contribution is -2.10. The van der Waals surface area contributed by atoms with Crippen LogP contribution >= 0.6 is 27.5 Å². The van der Waals surface area contributed by atoms with Gasteiger partial charge in [0.1, 0.15) is 0 Å². The summed E-state index contributed by atoms with van der Waals surface area (Å²) in [5.74, 6) is -0.0326. The van der Waals surface area contributed by atoms with Crippen LogP contribution in [0.2, 0.25) is 5.02 Å². The Morgan fingerprint density at radius 3 is 2.56 bits per heavy atom. The predicted octanol–water partition coefficient (Wildman–Crippen LogP) is 3.75. The fourth-order valence-corrected chi connectivity index (χ4v) is 1.96. The van der Waals surface area contributed by atoms with Gasteiger partial charge in [-0.25, -0.2) is 0 Å². The highest BCUT2D eigenvalue weighted by Gasteiger charge is 2.08. The molecule has 0 heterocycles. The molecule has 0 spiro atoms. The van der Waals surface area contributed by atoms with Crippen molar-refractivity contribution in [3.63, 3.8) is 0 Å². The first-order chi connectivity index (χ1) is 7.41. The van der Waals surface area contributed by atoms with E-state index in [4.69, 9.17) is 11.6 Å². The van der Waals surface area contributed by atoms with E-state index in [1.807, 2.05) is 25.9 Å². The van der Waals surface area contributed by atoms with E-state index in [0.29, 0.717) is 15.1 Å². The lowest BCUT2D eigenvalue weighted by Gasteiger charge is -2.12. The number of nitrogens with zero attached hydrogens (tertiary/aromatic N) is 1. The van der Waals surface area contributed by atoms with Gasteiger partial charge in [-0.05, 0) is 41.1 Å². The molecule has 1 aromatic rings. The lowest BCUT2D eigenvalue weighted by atomic mass is 10.1. The highest BCUT2D eigenvalue weighted by Crippen LogP contribution is 2.22. The molecule has 0 saturated carbocycles.